The monoisotopic (exact) mass is 258 g/mol. The first-order valence-corrected chi connectivity index (χ1v) is 6.12. The fourth-order valence-corrected chi connectivity index (χ4v) is 2.38. The van der Waals surface area contributed by atoms with Gasteiger partial charge in [-0.2, -0.15) is 0 Å². The summed E-state index contributed by atoms with van der Waals surface area (Å²) in [5.74, 6) is -0.0379. The fraction of sp³-hybridized carbons (Fsp3) is 0.143. The zero-order valence-corrected chi connectivity index (χ0v) is 10.3. The van der Waals surface area contributed by atoms with E-state index in [4.69, 9.17) is 11.6 Å². The Morgan fingerprint density at radius 1 is 1.33 bits per heavy atom. The molecule has 0 aliphatic heterocycles. The van der Waals surface area contributed by atoms with E-state index < -0.39 is 0 Å². The summed E-state index contributed by atoms with van der Waals surface area (Å²) < 4.78 is 0. The highest BCUT2D eigenvalue weighted by Crippen LogP contribution is 2.35. The SMILES string of the molecule is O=C(Nc1ccnc(Cl)c1)C1Cc2ccccc21. The molecule has 1 heterocycles. The normalized spacial score (nSPS) is 16.6. The summed E-state index contributed by atoms with van der Waals surface area (Å²) >= 11 is 5.77. The maximum atomic E-state index is 12.1. The maximum absolute atomic E-state index is 12.1. The number of anilines is 1. The minimum atomic E-state index is -0.0480. The van der Waals surface area contributed by atoms with Gasteiger partial charge >= 0.3 is 0 Å². The molecule has 0 saturated carbocycles. The summed E-state index contributed by atoms with van der Waals surface area (Å²) in [7, 11) is 0. The zero-order chi connectivity index (χ0) is 12.5. The van der Waals surface area contributed by atoms with Gasteiger partial charge in [-0.05, 0) is 29.7 Å². The second-order valence-electron chi connectivity index (χ2n) is 4.31. The number of fused-ring (bicyclic) bond motifs is 1. The van der Waals surface area contributed by atoms with Crippen molar-refractivity contribution in [3.8, 4) is 0 Å². The number of rotatable bonds is 2. The highest BCUT2D eigenvalue weighted by atomic mass is 35.5. The molecule has 1 aliphatic rings. The van der Waals surface area contributed by atoms with E-state index in [1.807, 2.05) is 18.2 Å². The van der Waals surface area contributed by atoms with Crippen molar-refractivity contribution in [3.63, 3.8) is 0 Å². The van der Waals surface area contributed by atoms with Crippen molar-refractivity contribution in [2.24, 2.45) is 0 Å². The van der Waals surface area contributed by atoms with Gasteiger partial charge in [-0.15, -0.1) is 0 Å². The minimum Gasteiger partial charge on any atom is -0.325 e. The van der Waals surface area contributed by atoms with Crippen molar-refractivity contribution >= 4 is 23.2 Å². The van der Waals surface area contributed by atoms with Gasteiger partial charge in [0, 0.05) is 11.9 Å². The average molecular weight is 259 g/mol. The summed E-state index contributed by atoms with van der Waals surface area (Å²) in [4.78, 5) is 16.0. The standard InChI is InChI=1S/C14H11ClN2O/c15-13-8-10(5-6-16-13)17-14(18)12-7-9-3-1-2-4-11(9)12/h1-6,8,12H,7H2,(H,16,17,18). The van der Waals surface area contributed by atoms with Gasteiger partial charge in [0.1, 0.15) is 5.15 Å². The van der Waals surface area contributed by atoms with Crippen LogP contribution < -0.4 is 5.32 Å². The van der Waals surface area contributed by atoms with Crippen LogP contribution in [0.25, 0.3) is 0 Å². The Balaban J connectivity index is 1.75. The lowest BCUT2D eigenvalue weighted by Gasteiger charge is -2.28. The number of aromatic nitrogens is 1. The molecule has 18 heavy (non-hydrogen) atoms. The Bertz CT molecular complexity index is 612. The molecule has 1 N–H and O–H groups in total. The van der Waals surface area contributed by atoms with Crippen molar-refractivity contribution in [2.45, 2.75) is 12.3 Å². The Kier molecular flexibility index (Phi) is 2.76. The smallest absolute Gasteiger partial charge is 0.232 e. The largest absolute Gasteiger partial charge is 0.325 e. The Hall–Kier alpha value is -1.87. The van der Waals surface area contributed by atoms with Crippen molar-refractivity contribution < 1.29 is 4.79 Å². The molecule has 90 valence electrons. The third-order valence-corrected chi connectivity index (χ3v) is 3.37. The van der Waals surface area contributed by atoms with Crippen molar-refractivity contribution in [2.75, 3.05) is 5.32 Å². The molecule has 1 aromatic carbocycles. The van der Waals surface area contributed by atoms with Crippen LogP contribution in [-0.4, -0.2) is 10.9 Å². The Morgan fingerprint density at radius 3 is 2.94 bits per heavy atom. The number of halogens is 1. The first-order valence-electron chi connectivity index (χ1n) is 5.74. The van der Waals surface area contributed by atoms with Crippen LogP contribution in [0.3, 0.4) is 0 Å². The molecule has 0 spiro atoms. The van der Waals surface area contributed by atoms with Crippen LogP contribution in [0.2, 0.25) is 5.15 Å². The first-order chi connectivity index (χ1) is 8.74. The summed E-state index contributed by atoms with van der Waals surface area (Å²) in [6.45, 7) is 0. The summed E-state index contributed by atoms with van der Waals surface area (Å²) in [6.07, 6.45) is 2.38. The molecular formula is C14H11ClN2O. The van der Waals surface area contributed by atoms with E-state index in [2.05, 4.69) is 16.4 Å². The van der Waals surface area contributed by atoms with E-state index in [0.717, 1.165) is 12.0 Å². The van der Waals surface area contributed by atoms with Gasteiger partial charge in [0.25, 0.3) is 0 Å². The van der Waals surface area contributed by atoms with Gasteiger partial charge < -0.3 is 5.32 Å². The molecule has 0 saturated heterocycles. The second-order valence-corrected chi connectivity index (χ2v) is 4.70. The van der Waals surface area contributed by atoms with Crippen LogP contribution in [0, 0.1) is 0 Å². The number of nitrogens with zero attached hydrogens (tertiary/aromatic N) is 1. The molecule has 1 aromatic heterocycles. The van der Waals surface area contributed by atoms with Crippen molar-refractivity contribution in [1.29, 1.82) is 0 Å². The molecule has 3 nitrogen and oxygen atoms in total. The number of hydrogen-bond acceptors (Lipinski definition) is 2. The summed E-state index contributed by atoms with van der Waals surface area (Å²) in [5, 5.41) is 3.24. The zero-order valence-electron chi connectivity index (χ0n) is 9.56. The Morgan fingerprint density at radius 2 is 2.17 bits per heavy atom. The van der Waals surface area contributed by atoms with E-state index in [0.29, 0.717) is 10.8 Å². The van der Waals surface area contributed by atoms with Gasteiger partial charge in [0.15, 0.2) is 0 Å². The number of amides is 1. The number of nitrogens with one attached hydrogen (secondary N) is 1. The second kappa shape index (κ2) is 4.42. The molecule has 0 radical (unpaired) electrons. The topological polar surface area (TPSA) is 42.0 Å². The van der Waals surface area contributed by atoms with Crippen LogP contribution in [-0.2, 0) is 11.2 Å². The number of hydrogen-bond donors (Lipinski definition) is 1. The van der Waals surface area contributed by atoms with Gasteiger partial charge in [0.2, 0.25) is 5.91 Å². The van der Waals surface area contributed by atoms with E-state index in [1.165, 1.54) is 5.56 Å². The van der Waals surface area contributed by atoms with Crippen molar-refractivity contribution in [3.05, 3.63) is 58.9 Å². The summed E-state index contributed by atoms with van der Waals surface area (Å²) in [5.41, 5.74) is 3.06. The van der Waals surface area contributed by atoms with E-state index in [-0.39, 0.29) is 11.8 Å². The van der Waals surface area contributed by atoms with Crippen LogP contribution in [0.4, 0.5) is 5.69 Å². The quantitative estimate of drug-likeness (QED) is 0.842. The predicted octanol–water partition coefficient (Wildman–Crippen LogP) is 3.01. The van der Waals surface area contributed by atoms with E-state index >= 15 is 0 Å². The number of carbonyl (C=O) groups excluding carboxylic acids is 1. The van der Waals surface area contributed by atoms with Crippen LogP contribution in [0.1, 0.15) is 17.0 Å². The molecule has 0 fully saturated rings. The molecule has 1 amide bonds. The minimum absolute atomic E-state index is 0.0102. The number of carbonyl (C=O) groups is 1. The predicted molar refractivity (Wildman–Crippen MR) is 70.8 cm³/mol. The summed E-state index contributed by atoms with van der Waals surface area (Å²) in [6, 6.07) is 11.4. The number of pyridine rings is 1. The highest BCUT2D eigenvalue weighted by molar-refractivity contribution is 6.29. The lowest BCUT2D eigenvalue weighted by Crippen LogP contribution is -2.30. The first kappa shape index (κ1) is 11.2. The Labute approximate surface area is 110 Å². The molecule has 1 aliphatic carbocycles. The van der Waals surface area contributed by atoms with Crippen LogP contribution >= 0.6 is 11.6 Å². The van der Waals surface area contributed by atoms with Crippen molar-refractivity contribution in [1.82, 2.24) is 4.98 Å². The molecule has 1 atom stereocenters. The average Bonchev–Trinajstić information content (AvgIpc) is 2.30. The van der Waals surface area contributed by atoms with Gasteiger partial charge in [-0.1, -0.05) is 35.9 Å². The number of benzene rings is 1. The van der Waals surface area contributed by atoms with E-state index in [1.54, 1.807) is 18.3 Å². The van der Waals surface area contributed by atoms with Gasteiger partial charge in [-0.25, -0.2) is 4.98 Å². The molecule has 1 unspecified atom stereocenters. The lowest BCUT2D eigenvalue weighted by molar-refractivity contribution is -0.118. The molecular weight excluding hydrogens is 248 g/mol. The molecule has 2 aromatic rings. The third-order valence-electron chi connectivity index (χ3n) is 3.17. The van der Waals surface area contributed by atoms with Crippen LogP contribution in [0.5, 0.6) is 0 Å². The van der Waals surface area contributed by atoms with Gasteiger partial charge in [-0.3, -0.25) is 4.79 Å². The molecule has 0 bridgehead atoms. The molecule has 3 rings (SSSR count). The van der Waals surface area contributed by atoms with E-state index in [9.17, 15) is 4.79 Å². The van der Waals surface area contributed by atoms with Gasteiger partial charge in [0.05, 0.1) is 5.92 Å². The third kappa shape index (κ3) is 1.97. The lowest BCUT2D eigenvalue weighted by atomic mass is 9.77. The highest BCUT2D eigenvalue weighted by Gasteiger charge is 2.31. The van der Waals surface area contributed by atoms with Crippen LogP contribution in [0.15, 0.2) is 42.6 Å². The molecule has 4 heteroatoms. The fourth-order valence-electron chi connectivity index (χ4n) is 2.20. The maximum Gasteiger partial charge on any atom is 0.232 e.